The number of hydrogen-bond acceptors (Lipinski definition) is 3. The second kappa shape index (κ2) is 9.56. The first-order valence-electron chi connectivity index (χ1n) is 9.90. The first-order valence-corrected chi connectivity index (χ1v) is 9.90. The summed E-state index contributed by atoms with van der Waals surface area (Å²) in [7, 11) is 1.66. The van der Waals surface area contributed by atoms with Gasteiger partial charge in [-0.2, -0.15) is 0 Å². The normalized spacial score (nSPS) is 17.5. The molecular weight excluding hydrogens is 336 g/mol. The SMILES string of the molecule is COc1ccccc1CCC(=O)Nc1ccc(CN2CCCCC2C)cc1. The molecule has 0 aliphatic carbocycles. The second-order valence-corrected chi connectivity index (χ2v) is 7.37. The molecule has 1 aliphatic rings. The highest BCUT2D eigenvalue weighted by Crippen LogP contribution is 2.21. The summed E-state index contributed by atoms with van der Waals surface area (Å²) in [5.74, 6) is 0.861. The van der Waals surface area contributed by atoms with E-state index >= 15 is 0 Å². The molecule has 1 amide bonds. The summed E-state index contributed by atoms with van der Waals surface area (Å²) < 4.78 is 5.34. The van der Waals surface area contributed by atoms with Crippen LogP contribution in [-0.2, 0) is 17.8 Å². The molecule has 2 aromatic carbocycles. The molecule has 0 aromatic heterocycles. The molecule has 0 saturated carbocycles. The molecule has 0 radical (unpaired) electrons. The van der Waals surface area contributed by atoms with Crippen molar-refractivity contribution in [2.75, 3.05) is 19.0 Å². The van der Waals surface area contributed by atoms with E-state index in [9.17, 15) is 4.79 Å². The molecule has 1 saturated heterocycles. The van der Waals surface area contributed by atoms with Crippen molar-refractivity contribution in [3.8, 4) is 5.75 Å². The predicted octanol–water partition coefficient (Wildman–Crippen LogP) is 4.64. The average Bonchev–Trinajstić information content (AvgIpc) is 2.70. The third kappa shape index (κ3) is 5.57. The van der Waals surface area contributed by atoms with Crippen LogP contribution in [0.4, 0.5) is 5.69 Å². The van der Waals surface area contributed by atoms with Crippen LogP contribution in [0.5, 0.6) is 5.75 Å². The first kappa shape index (κ1) is 19.4. The van der Waals surface area contributed by atoms with Gasteiger partial charge >= 0.3 is 0 Å². The van der Waals surface area contributed by atoms with Crippen LogP contribution in [0.25, 0.3) is 0 Å². The monoisotopic (exact) mass is 366 g/mol. The van der Waals surface area contributed by atoms with Crippen LogP contribution < -0.4 is 10.1 Å². The molecule has 1 unspecified atom stereocenters. The lowest BCUT2D eigenvalue weighted by Gasteiger charge is -2.33. The molecule has 1 N–H and O–H groups in total. The maximum Gasteiger partial charge on any atom is 0.224 e. The maximum atomic E-state index is 12.3. The van der Waals surface area contributed by atoms with Gasteiger partial charge in [0.05, 0.1) is 7.11 Å². The van der Waals surface area contributed by atoms with E-state index in [1.54, 1.807) is 7.11 Å². The van der Waals surface area contributed by atoms with Gasteiger partial charge in [-0.15, -0.1) is 0 Å². The van der Waals surface area contributed by atoms with Gasteiger partial charge in [0.2, 0.25) is 5.91 Å². The van der Waals surface area contributed by atoms with E-state index in [1.165, 1.54) is 31.4 Å². The van der Waals surface area contributed by atoms with E-state index in [4.69, 9.17) is 4.74 Å². The number of piperidine rings is 1. The van der Waals surface area contributed by atoms with Crippen molar-refractivity contribution >= 4 is 11.6 Å². The number of anilines is 1. The minimum atomic E-state index is 0.0262. The third-order valence-electron chi connectivity index (χ3n) is 5.38. The number of nitrogens with zero attached hydrogens (tertiary/aromatic N) is 1. The topological polar surface area (TPSA) is 41.6 Å². The maximum absolute atomic E-state index is 12.3. The van der Waals surface area contributed by atoms with Crippen molar-refractivity contribution in [3.05, 3.63) is 59.7 Å². The Morgan fingerprint density at radius 3 is 2.67 bits per heavy atom. The lowest BCUT2D eigenvalue weighted by atomic mass is 10.0. The Labute approximate surface area is 162 Å². The van der Waals surface area contributed by atoms with Gasteiger partial charge in [0, 0.05) is 24.7 Å². The van der Waals surface area contributed by atoms with Gasteiger partial charge in [-0.05, 0) is 62.1 Å². The molecule has 1 heterocycles. The van der Waals surface area contributed by atoms with E-state index in [0.29, 0.717) is 18.9 Å². The number of ether oxygens (including phenoxy) is 1. The molecule has 1 aliphatic heterocycles. The van der Waals surface area contributed by atoms with Gasteiger partial charge in [-0.3, -0.25) is 9.69 Å². The van der Waals surface area contributed by atoms with Gasteiger partial charge in [0.25, 0.3) is 0 Å². The summed E-state index contributed by atoms with van der Waals surface area (Å²) in [6.07, 6.45) is 5.04. The molecule has 1 atom stereocenters. The number of benzene rings is 2. The predicted molar refractivity (Wildman–Crippen MR) is 110 cm³/mol. The van der Waals surface area contributed by atoms with E-state index in [1.807, 2.05) is 36.4 Å². The number of carbonyl (C=O) groups is 1. The fourth-order valence-corrected chi connectivity index (χ4v) is 3.70. The van der Waals surface area contributed by atoms with Gasteiger partial charge in [-0.1, -0.05) is 36.8 Å². The Bertz CT molecular complexity index is 742. The minimum Gasteiger partial charge on any atom is -0.496 e. The number of para-hydroxylation sites is 1. The largest absolute Gasteiger partial charge is 0.496 e. The van der Waals surface area contributed by atoms with E-state index in [2.05, 4.69) is 29.3 Å². The molecule has 1 fully saturated rings. The van der Waals surface area contributed by atoms with Crippen LogP contribution in [0.1, 0.15) is 43.7 Å². The molecule has 27 heavy (non-hydrogen) atoms. The van der Waals surface area contributed by atoms with Crippen LogP contribution >= 0.6 is 0 Å². The Morgan fingerprint density at radius 2 is 1.93 bits per heavy atom. The highest BCUT2D eigenvalue weighted by Gasteiger charge is 2.18. The summed E-state index contributed by atoms with van der Waals surface area (Å²) in [4.78, 5) is 14.8. The van der Waals surface area contributed by atoms with Gasteiger partial charge in [0.15, 0.2) is 0 Å². The minimum absolute atomic E-state index is 0.0262. The third-order valence-corrected chi connectivity index (χ3v) is 5.38. The van der Waals surface area contributed by atoms with Crippen molar-refractivity contribution in [1.82, 2.24) is 4.90 Å². The highest BCUT2D eigenvalue weighted by atomic mass is 16.5. The zero-order valence-electron chi connectivity index (χ0n) is 16.4. The Balaban J connectivity index is 1.49. The van der Waals surface area contributed by atoms with Crippen LogP contribution in [0, 0.1) is 0 Å². The number of likely N-dealkylation sites (tertiary alicyclic amines) is 1. The van der Waals surface area contributed by atoms with E-state index in [-0.39, 0.29) is 5.91 Å². The lowest BCUT2D eigenvalue weighted by Crippen LogP contribution is -2.36. The Kier molecular flexibility index (Phi) is 6.88. The van der Waals surface area contributed by atoms with E-state index < -0.39 is 0 Å². The van der Waals surface area contributed by atoms with Crippen LogP contribution in [0.2, 0.25) is 0 Å². The first-order chi connectivity index (χ1) is 13.2. The molecule has 144 valence electrons. The fourth-order valence-electron chi connectivity index (χ4n) is 3.70. The number of carbonyl (C=O) groups excluding carboxylic acids is 1. The van der Waals surface area contributed by atoms with Gasteiger partial charge in [0.1, 0.15) is 5.75 Å². The van der Waals surface area contributed by atoms with Crippen LogP contribution in [0.3, 0.4) is 0 Å². The Morgan fingerprint density at radius 1 is 1.15 bits per heavy atom. The van der Waals surface area contributed by atoms with Crippen LogP contribution in [0.15, 0.2) is 48.5 Å². The highest BCUT2D eigenvalue weighted by molar-refractivity contribution is 5.90. The lowest BCUT2D eigenvalue weighted by molar-refractivity contribution is -0.116. The molecule has 4 nitrogen and oxygen atoms in total. The van der Waals surface area contributed by atoms with Crippen molar-refractivity contribution in [2.45, 2.75) is 51.6 Å². The van der Waals surface area contributed by atoms with Crippen LogP contribution in [-0.4, -0.2) is 30.5 Å². The standard InChI is InChI=1S/C23H30N2O2/c1-18-7-5-6-16-25(18)17-19-10-13-21(14-11-19)24-23(26)15-12-20-8-3-4-9-22(20)27-2/h3-4,8-11,13-14,18H,5-7,12,15-17H2,1-2H3,(H,24,26). The zero-order valence-corrected chi connectivity index (χ0v) is 16.4. The number of amides is 1. The molecular formula is C23H30N2O2. The number of aryl methyl sites for hydroxylation is 1. The van der Waals surface area contributed by atoms with Crippen molar-refractivity contribution in [1.29, 1.82) is 0 Å². The number of nitrogens with one attached hydrogen (secondary N) is 1. The summed E-state index contributed by atoms with van der Waals surface area (Å²) in [6.45, 7) is 4.49. The number of methoxy groups -OCH3 is 1. The fraction of sp³-hybridized carbons (Fsp3) is 0.435. The average molecular weight is 367 g/mol. The summed E-state index contributed by atoms with van der Waals surface area (Å²) in [5, 5.41) is 3.00. The second-order valence-electron chi connectivity index (χ2n) is 7.37. The number of rotatable bonds is 7. The van der Waals surface area contributed by atoms with Crippen molar-refractivity contribution in [3.63, 3.8) is 0 Å². The summed E-state index contributed by atoms with van der Waals surface area (Å²) in [6, 6.07) is 16.8. The van der Waals surface area contributed by atoms with E-state index in [0.717, 1.165) is 23.5 Å². The zero-order chi connectivity index (χ0) is 19.1. The number of hydrogen-bond donors (Lipinski definition) is 1. The van der Waals surface area contributed by atoms with Gasteiger partial charge < -0.3 is 10.1 Å². The van der Waals surface area contributed by atoms with Gasteiger partial charge in [-0.25, -0.2) is 0 Å². The molecule has 2 aromatic rings. The Hall–Kier alpha value is -2.33. The molecule has 3 rings (SSSR count). The quantitative estimate of drug-likeness (QED) is 0.776. The molecule has 0 bridgehead atoms. The molecule has 4 heteroatoms. The summed E-state index contributed by atoms with van der Waals surface area (Å²) in [5.41, 5.74) is 3.22. The summed E-state index contributed by atoms with van der Waals surface area (Å²) >= 11 is 0. The molecule has 0 spiro atoms. The van der Waals surface area contributed by atoms with Crippen molar-refractivity contribution in [2.24, 2.45) is 0 Å². The smallest absolute Gasteiger partial charge is 0.224 e. The van der Waals surface area contributed by atoms with Crippen molar-refractivity contribution < 1.29 is 9.53 Å².